The summed E-state index contributed by atoms with van der Waals surface area (Å²) in [6.45, 7) is 6.77. The number of rotatable bonds is 6. The Kier molecular flexibility index (Phi) is 57.8. The van der Waals surface area contributed by atoms with Crippen molar-refractivity contribution in [2.24, 2.45) is 5.92 Å². The molecule has 0 N–H and O–H groups in total. The molecule has 0 aromatic heterocycles. The van der Waals surface area contributed by atoms with Gasteiger partial charge in [0.2, 0.25) is 0 Å². The van der Waals surface area contributed by atoms with E-state index in [9.17, 15) is 0 Å². The summed E-state index contributed by atoms with van der Waals surface area (Å²) in [5, 5.41) is 0. The number of hydrogen-bond acceptors (Lipinski definition) is 0. The van der Waals surface area contributed by atoms with Gasteiger partial charge in [-0.15, -0.1) is 0 Å². The van der Waals surface area contributed by atoms with Gasteiger partial charge in [0.05, 0.1) is 0 Å². The van der Waals surface area contributed by atoms with Crippen molar-refractivity contribution in [3.8, 4) is 0 Å². The molecule has 0 aromatic carbocycles. The zero-order chi connectivity index (χ0) is 7.82. The van der Waals surface area contributed by atoms with Crippen molar-refractivity contribution in [2.45, 2.75) is 52.9 Å². The van der Waals surface area contributed by atoms with Gasteiger partial charge in [0.15, 0.2) is 0 Å². The maximum absolute atomic E-state index is 2.36. The number of unbranched alkanes of at least 4 members (excludes halogenated alkanes) is 2. The van der Waals surface area contributed by atoms with E-state index in [1.54, 1.807) is 0 Å². The first-order valence-corrected chi connectivity index (χ1v) is 4.59. The quantitative estimate of drug-likeness (QED) is 0.491. The fourth-order valence-electron chi connectivity index (χ4n) is 1.15. The molecule has 0 nitrogen and oxygen atoms in total. The Bertz CT molecular complexity index is 61.1. The Hall–Kier alpha value is 4.42. The SMILES string of the molecule is C[CH-]CC[C@H](C)CCCC.[Y].[Y].[Y].[Y]. The minimum Gasteiger partial charge on any atom is -0.332 e. The molecule has 0 unspecified atom stereocenters. The molecule has 0 rings (SSSR count). The molecule has 0 aliphatic carbocycles. The maximum atomic E-state index is 2.36. The molecule has 4 heteroatoms. The van der Waals surface area contributed by atoms with Crippen LogP contribution in [0.25, 0.3) is 0 Å². The van der Waals surface area contributed by atoms with Crippen molar-refractivity contribution in [3.05, 3.63) is 6.42 Å². The van der Waals surface area contributed by atoms with E-state index in [2.05, 4.69) is 27.2 Å². The van der Waals surface area contributed by atoms with Crippen LogP contribution in [0.3, 0.4) is 0 Å². The molecule has 74 valence electrons. The molecule has 4 radical (unpaired) electrons. The molecule has 0 saturated heterocycles. The summed E-state index contributed by atoms with van der Waals surface area (Å²) in [6.07, 6.45) is 9.12. The second-order valence-electron chi connectivity index (χ2n) is 3.23. The standard InChI is InChI=1S/C10H21.4Y/c1-4-6-8-10(3)9-7-5-2;;;;/h4,10H,5-9H2,1-3H3;;;;/q-1;;;;/t10-;;;;/m0..../s1. The van der Waals surface area contributed by atoms with Crippen LogP contribution in [-0.2, 0) is 131 Å². The van der Waals surface area contributed by atoms with Crippen molar-refractivity contribution in [3.63, 3.8) is 0 Å². The molecule has 0 aromatic rings. The molecule has 0 amide bonds. The van der Waals surface area contributed by atoms with Crippen LogP contribution in [0.2, 0.25) is 0 Å². The van der Waals surface area contributed by atoms with Crippen molar-refractivity contribution in [1.29, 1.82) is 0 Å². The van der Waals surface area contributed by atoms with Crippen LogP contribution >= 0.6 is 0 Å². The van der Waals surface area contributed by atoms with Crippen LogP contribution in [0.4, 0.5) is 0 Å². The predicted octanol–water partition coefficient (Wildman–Crippen LogP) is 3.81. The van der Waals surface area contributed by atoms with Gasteiger partial charge < -0.3 is 6.42 Å². The predicted molar refractivity (Wildman–Crippen MR) is 47.9 cm³/mol. The van der Waals surface area contributed by atoms with Crippen molar-refractivity contribution in [1.82, 2.24) is 0 Å². The summed E-state index contributed by atoms with van der Waals surface area (Å²) in [4.78, 5) is 0. The zero-order valence-electron chi connectivity index (χ0n) is 10.00. The third-order valence-electron chi connectivity index (χ3n) is 2.00. The van der Waals surface area contributed by atoms with Crippen molar-refractivity contribution >= 4 is 0 Å². The second-order valence-corrected chi connectivity index (χ2v) is 3.23. The Labute approximate surface area is 192 Å². The van der Waals surface area contributed by atoms with Gasteiger partial charge in [-0.05, 0) is 5.92 Å². The molecule has 0 aliphatic rings. The normalized spacial score (nSPS) is 9.64. The Balaban J connectivity index is -0.0000000675. The first-order chi connectivity index (χ1) is 4.81. The van der Waals surface area contributed by atoms with Gasteiger partial charge >= 0.3 is 0 Å². The van der Waals surface area contributed by atoms with Crippen LogP contribution in [0.1, 0.15) is 52.9 Å². The average molecular weight is 497 g/mol. The molecule has 1 atom stereocenters. The first-order valence-electron chi connectivity index (χ1n) is 4.59. The topological polar surface area (TPSA) is 0 Å². The molecule has 0 fully saturated rings. The minimum absolute atomic E-state index is 0. The minimum atomic E-state index is 0. The Morgan fingerprint density at radius 3 is 1.86 bits per heavy atom. The summed E-state index contributed by atoms with van der Waals surface area (Å²) in [7, 11) is 0. The van der Waals surface area contributed by atoms with Gasteiger partial charge in [-0.2, -0.15) is 13.3 Å². The number of hydrogen-bond donors (Lipinski definition) is 0. The van der Waals surface area contributed by atoms with Gasteiger partial charge in [-0.25, -0.2) is 0 Å². The van der Waals surface area contributed by atoms with Crippen molar-refractivity contribution in [2.75, 3.05) is 0 Å². The molecule has 0 spiro atoms. The second kappa shape index (κ2) is 26.1. The Morgan fingerprint density at radius 2 is 1.50 bits per heavy atom. The average Bonchev–Trinajstić information content (AvgIpc) is 1.97. The van der Waals surface area contributed by atoms with E-state index in [0.29, 0.717) is 0 Å². The van der Waals surface area contributed by atoms with Gasteiger partial charge in [0.25, 0.3) is 0 Å². The maximum Gasteiger partial charge on any atom is 0 e. The van der Waals surface area contributed by atoms with Gasteiger partial charge in [-0.3, -0.25) is 0 Å². The van der Waals surface area contributed by atoms with E-state index < -0.39 is 0 Å². The van der Waals surface area contributed by atoms with E-state index in [1.165, 1.54) is 32.1 Å². The molecule has 0 heterocycles. The van der Waals surface area contributed by atoms with Gasteiger partial charge in [-0.1, -0.05) is 39.5 Å². The summed E-state index contributed by atoms with van der Waals surface area (Å²) < 4.78 is 0. The van der Waals surface area contributed by atoms with Crippen molar-refractivity contribution < 1.29 is 131 Å². The third-order valence-corrected chi connectivity index (χ3v) is 2.00. The smallest absolute Gasteiger partial charge is 0 e. The van der Waals surface area contributed by atoms with E-state index >= 15 is 0 Å². The summed E-state index contributed by atoms with van der Waals surface area (Å²) in [5.41, 5.74) is 0. The largest absolute Gasteiger partial charge is 0.332 e. The summed E-state index contributed by atoms with van der Waals surface area (Å²) >= 11 is 0. The molecule has 0 bridgehead atoms. The van der Waals surface area contributed by atoms with Crippen LogP contribution in [-0.4, -0.2) is 0 Å². The van der Waals surface area contributed by atoms with Crippen LogP contribution in [0.5, 0.6) is 0 Å². The summed E-state index contributed by atoms with van der Waals surface area (Å²) in [6, 6.07) is 0. The van der Waals surface area contributed by atoms with E-state index in [4.69, 9.17) is 0 Å². The molecule has 14 heavy (non-hydrogen) atoms. The Morgan fingerprint density at radius 1 is 1.00 bits per heavy atom. The van der Waals surface area contributed by atoms with Gasteiger partial charge in [0, 0.05) is 131 Å². The molecule has 0 aliphatic heterocycles. The van der Waals surface area contributed by atoms with Crippen LogP contribution in [0.15, 0.2) is 0 Å². The first kappa shape index (κ1) is 31.0. The molecular formula is C10H21Y4-. The third kappa shape index (κ3) is 25.3. The molecular weight excluding hydrogens is 476 g/mol. The van der Waals surface area contributed by atoms with E-state index in [0.717, 1.165) is 5.92 Å². The fraction of sp³-hybridized carbons (Fsp3) is 0.900. The van der Waals surface area contributed by atoms with E-state index in [1.807, 2.05) is 0 Å². The zero-order valence-corrected chi connectivity index (χ0v) is 21.4. The van der Waals surface area contributed by atoms with Crippen LogP contribution in [0, 0.1) is 12.3 Å². The monoisotopic (exact) mass is 497 g/mol. The van der Waals surface area contributed by atoms with Gasteiger partial charge in [0.1, 0.15) is 0 Å². The van der Waals surface area contributed by atoms with E-state index in [-0.39, 0.29) is 131 Å². The van der Waals surface area contributed by atoms with Crippen LogP contribution < -0.4 is 0 Å². The fourth-order valence-corrected chi connectivity index (χ4v) is 1.15. The molecule has 0 saturated carbocycles. The summed E-state index contributed by atoms with van der Waals surface area (Å²) in [5.74, 6) is 0.941.